The molecule has 5 heteroatoms. The van der Waals surface area contributed by atoms with Gasteiger partial charge in [0.05, 0.1) is 25.5 Å². The summed E-state index contributed by atoms with van der Waals surface area (Å²) in [6.45, 7) is 0. The van der Waals surface area contributed by atoms with Gasteiger partial charge in [-0.2, -0.15) is 5.26 Å². The standard InChI is InChI=1S/C27H22N2O2S/c1-30-22-13-11-20(12-14-22)24-16-26(21-8-4-3-5-9-21)29-27(25(24)17-28)32-18-19-7-6-10-23(15-19)31-2/h3-16H,18H2,1-2H3. The Morgan fingerprint density at radius 2 is 1.56 bits per heavy atom. The highest BCUT2D eigenvalue weighted by Crippen LogP contribution is 2.36. The van der Waals surface area contributed by atoms with Crippen LogP contribution in [-0.4, -0.2) is 19.2 Å². The van der Waals surface area contributed by atoms with E-state index < -0.39 is 0 Å². The van der Waals surface area contributed by atoms with Crippen LogP contribution in [0, 0.1) is 11.3 Å². The maximum absolute atomic E-state index is 10.1. The molecule has 4 nitrogen and oxygen atoms in total. The molecule has 1 heterocycles. The summed E-state index contributed by atoms with van der Waals surface area (Å²) in [5.74, 6) is 2.27. The van der Waals surface area contributed by atoms with Gasteiger partial charge in [-0.15, -0.1) is 11.8 Å². The highest BCUT2D eigenvalue weighted by Gasteiger charge is 2.16. The highest BCUT2D eigenvalue weighted by molar-refractivity contribution is 7.98. The first kappa shape index (κ1) is 21.5. The van der Waals surface area contributed by atoms with Crippen molar-refractivity contribution in [3.8, 4) is 40.0 Å². The number of thioether (sulfide) groups is 1. The number of benzene rings is 3. The van der Waals surface area contributed by atoms with Crippen molar-refractivity contribution in [3.63, 3.8) is 0 Å². The van der Waals surface area contributed by atoms with Crippen molar-refractivity contribution >= 4 is 11.8 Å². The van der Waals surface area contributed by atoms with Gasteiger partial charge >= 0.3 is 0 Å². The van der Waals surface area contributed by atoms with Crippen molar-refractivity contribution in [2.75, 3.05) is 14.2 Å². The van der Waals surface area contributed by atoms with Crippen LogP contribution >= 0.6 is 11.8 Å². The van der Waals surface area contributed by atoms with Crippen molar-refractivity contribution < 1.29 is 9.47 Å². The fourth-order valence-corrected chi connectivity index (χ4v) is 4.35. The minimum absolute atomic E-state index is 0.572. The number of rotatable bonds is 7. The number of pyridine rings is 1. The van der Waals surface area contributed by atoms with E-state index in [0.29, 0.717) is 16.3 Å². The largest absolute Gasteiger partial charge is 0.497 e. The maximum atomic E-state index is 10.1. The quantitative estimate of drug-likeness (QED) is 0.304. The molecular formula is C27H22N2O2S. The minimum atomic E-state index is 0.572. The number of hydrogen-bond acceptors (Lipinski definition) is 5. The van der Waals surface area contributed by atoms with E-state index in [1.807, 2.05) is 84.9 Å². The summed E-state index contributed by atoms with van der Waals surface area (Å²) in [5.41, 5.74) is 5.33. The Morgan fingerprint density at radius 3 is 2.25 bits per heavy atom. The fraction of sp³-hybridized carbons (Fsp3) is 0.111. The van der Waals surface area contributed by atoms with E-state index in [1.165, 1.54) is 0 Å². The molecule has 0 spiro atoms. The van der Waals surface area contributed by atoms with Crippen LogP contribution in [0.3, 0.4) is 0 Å². The van der Waals surface area contributed by atoms with Gasteiger partial charge in [-0.05, 0) is 41.5 Å². The molecule has 0 aliphatic carbocycles. The number of methoxy groups -OCH3 is 2. The third-order valence-electron chi connectivity index (χ3n) is 5.08. The topological polar surface area (TPSA) is 55.1 Å². The lowest BCUT2D eigenvalue weighted by Crippen LogP contribution is -1.96. The second-order valence-electron chi connectivity index (χ2n) is 7.08. The molecule has 3 aromatic carbocycles. The Balaban J connectivity index is 1.78. The molecule has 0 bridgehead atoms. The second-order valence-corrected chi connectivity index (χ2v) is 8.05. The van der Waals surface area contributed by atoms with E-state index in [2.05, 4.69) is 6.07 Å². The SMILES string of the molecule is COc1ccc(-c2cc(-c3ccccc3)nc(SCc3cccc(OC)c3)c2C#N)cc1. The molecule has 4 rings (SSSR count). The van der Waals surface area contributed by atoms with Crippen molar-refractivity contribution in [2.45, 2.75) is 10.8 Å². The van der Waals surface area contributed by atoms with Gasteiger partial charge in [0.15, 0.2) is 0 Å². The summed E-state index contributed by atoms with van der Waals surface area (Å²) in [7, 11) is 3.30. The van der Waals surface area contributed by atoms with Crippen LogP contribution in [0.25, 0.3) is 22.4 Å². The van der Waals surface area contributed by atoms with E-state index in [9.17, 15) is 5.26 Å². The van der Waals surface area contributed by atoms with Crippen molar-refractivity contribution in [3.05, 3.63) is 96.1 Å². The molecule has 0 fully saturated rings. The summed E-state index contributed by atoms with van der Waals surface area (Å²) in [6.07, 6.45) is 0. The van der Waals surface area contributed by atoms with Crippen LogP contribution in [0.15, 0.2) is 90.0 Å². The maximum Gasteiger partial charge on any atom is 0.119 e. The Morgan fingerprint density at radius 1 is 0.812 bits per heavy atom. The summed E-state index contributed by atoms with van der Waals surface area (Å²) < 4.78 is 10.6. The fourth-order valence-electron chi connectivity index (χ4n) is 3.40. The van der Waals surface area contributed by atoms with Gasteiger partial charge in [-0.1, -0.05) is 54.6 Å². The average Bonchev–Trinajstić information content (AvgIpc) is 2.87. The summed E-state index contributed by atoms with van der Waals surface area (Å²) >= 11 is 1.56. The average molecular weight is 439 g/mol. The van der Waals surface area contributed by atoms with E-state index in [-0.39, 0.29) is 0 Å². The van der Waals surface area contributed by atoms with Crippen molar-refractivity contribution in [1.82, 2.24) is 4.98 Å². The van der Waals surface area contributed by atoms with Crippen LogP contribution in [0.1, 0.15) is 11.1 Å². The monoisotopic (exact) mass is 438 g/mol. The van der Waals surface area contributed by atoms with Crippen LogP contribution in [-0.2, 0) is 5.75 Å². The van der Waals surface area contributed by atoms with Crippen LogP contribution in [0.2, 0.25) is 0 Å². The first-order valence-corrected chi connectivity index (χ1v) is 11.1. The molecule has 0 aliphatic heterocycles. The molecule has 0 radical (unpaired) electrons. The Hall–Kier alpha value is -3.75. The molecule has 0 atom stereocenters. The smallest absolute Gasteiger partial charge is 0.119 e. The van der Waals surface area contributed by atoms with Gasteiger partial charge in [0.1, 0.15) is 22.6 Å². The number of ether oxygens (including phenoxy) is 2. The lowest BCUT2D eigenvalue weighted by Gasteiger charge is -2.13. The first-order valence-electron chi connectivity index (χ1n) is 10.1. The summed E-state index contributed by atoms with van der Waals surface area (Å²) in [4.78, 5) is 4.88. The number of hydrogen-bond donors (Lipinski definition) is 0. The van der Waals surface area contributed by atoms with Gasteiger partial charge in [-0.3, -0.25) is 0 Å². The highest BCUT2D eigenvalue weighted by atomic mass is 32.2. The number of nitrogens with zero attached hydrogens (tertiary/aromatic N) is 2. The van der Waals surface area contributed by atoms with Crippen LogP contribution < -0.4 is 9.47 Å². The van der Waals surface area contributed by atoms with Crippen LogP contribution in [0.4, 0.5) is 0 Å². The van der Waals surface area contributed by atoms with E-state index in [0.717, 1.165) is 39.4 Å². The van der Waals surface area contributed by atoms with Crippen molar-refractivity contribution in [2.24, 2.45) is 0 Å². The molecule has 0 saturated heterocycles. The van der Waals surface area contributed by atoms with Gasteiger partial charge in [0.25, 0.3) is 0 Å². The van der Waals surface area contributed by atoms with E-state index >= 15 is 0 Å². The number of nitriles is 1. The predicted molar refractivity (Wildman–Crippen MR) is 129 cm³/mol. The molecule has 32 heavy (non-hydrogen) atoms. The van der Waals surface area contributed by atoms with Gasteiger partial charge in [-0.25, -0.2) is 4.98 Å². The minimum Gasteiger partial charge on any atom is -0.497 e. The molecule has 1 aromatic heterocycles. The lowest BCUT2D eigenvalue weighted by molar-refractivity contribution is 0.414. The predicted octanol–water partition coefficient (Wildman–Crippen LogP) is 6.60. The zero-order valence-electron chi connectivity index (χ0n) is 17.9. The first-order chi connectivity index (χ1) is 15.7. The normalized spacial score (nSPS) is 10.4. The molecule has 0 unspecified atom stereocenters. The van der Waals surface area contributed by atoms with E-state index in [4.69, 9.17) is 14.5 Å². The lowest BCUT2D eigenvalue weighted by atomic mass is 9.99. The summed E-state index contributed by atoms with van der Waals surface area (Å²) in [5, 5.41) is 10.8. The third kappa shape index (κ3) is 4.77. The zero-order valence-corrected chi connectivity index (χ0v) is 18.7. The Labute approximate surface area is 192 Å². The van der Waals surface area contributed by atoms with Gasteiger partial charge in [0.2, 0.25) is 0 Å². The van der Waals surface area contributed by atoms with E-state index in [1.54, 1.807) is 26.0 Å². The molecule has 0 N–H and O–H groups in total. The Kier molecular flexibility index (Phi) is 6.74. The van der Waals surface area contributed by atoms with Gasteiger partial charge < -0.3 is 9.47 Å². The molecular weight excluding hydrogens is 416 g/mol. The van der Waals surface area contributed by atoms with Gasteiger partial charge in [0, 0.05) is 16.9 Å². The molecule has 0 saturated carbocycles. The molecule has 0 amide bonds. The zero-order chi connectivity index (χ0) is 22.3. The molecule has 0 aliphatic rings. The third-order valence-corrected chi connectivity index (χ3v) is 6.12. The Bertz CT molecular complexity index is 1250. The second kappa shape index (κ2) is 10.0. The molecule has 4 aromatic rings. The van der Waals surface area contributed by atoms with Crippen molar-refractivity contribution in [1.29, 1.82) is 5.26 Å². The van der Waals surface area contributed by atoms with Crippen LogP contribution in [0.5, 0.6) is 11.5 Å². The molecule has 158 valence electrons. The summed E-state index contributed by atoms with van der Waals surface area (Å²) in [6, 6.07) is 30.1. The number of aromatic nitrogens is 1.